The molecule has 0 aliphatic carbocycles. The summed E-state index contributed by atoms with van der Waals surface area (Å²) in [6, 6.07) is 8.21. The molecule has 0 saturated carbocycles. The van der Waals surface area contributed by atoms with Crippen molar-refractivity contribution in [2.24, 2.45) is 7.05 Å². The van der Waals surface area contributed by atoms with Crippen molar-refractivity contribution in [1.29, 1.82) is 0 Å². The Bertz CT molecular complexity index is 711. The molecule has 2 aromatic heterocycles. The second-order valence-corrected chi connectivity index (χ2v) is 4.92. The van der Waals surface area contributed by atoms with Gasteiger partial charge in [0.25, 0.3) is 0 Å². The van der Waals surface area contributed by atoms with E-state index in [-0.39, 0.29) is 0 Å². The summed E-state index contributed by atoms with van der Waals surface area (Å²) in [5, 5.41) is 5.22. The average Bonchev–Trinajstić information content (AvgIpc) is 2.95. The van der Waals surface area contributed by atoms with Crippen LogP contribution in [0.1, 0.15) is 5.89 Å². The van der Waals surface area contributed by atoms with Crippen LogP contribution in [0.4, 0.5) is 0 Å². The van der Waals surface area contributed by atoms with Crippen LogP contribution in [0.25, 0.3) is 22.3 Å². The normalized spacial score (nSPS) is 11.6. The Morgan fingerprint density at radius 1 is 1.26 bits per heavy atom. The average molecular weight is 256 g/mol. The highest BCUT2D eigenvalue weighted by molar-refractivity contribution is 5.94. The molecule has 0 N–H and O–H groups in total. The lowest BCUT2D eigenvalue weighted by molar-refractivity contribution is 0.303. The topological polar surface area (TPSA) is 47.1 Å². The van der Waals surface area contributed by atoms with Gasteiger partial charge in [-0.25, -0.2) is 0 Å². The molecule has 0 unspecified atom stereocenters. The zero-order valence-corrected chi connectivity index (χ0v) is 11.3. The smallest absolute Gasteiger partial charge is 0.241 e. The molecule has 3 aromatic rings. The third-order valence-corrected chi connectivity index (χ3v) is 3.06. The van der Waals surface area contributed by atoms with Crippen LogP contribution in [-0.4, -0.2) is 33.7 Å². The molecule has 0 aliphatic heterocycles. The zero-order valence-electron chi connectivity index (χ0n) is 11.3. The minimum Gasteiger partial charge on any atom is -0.350 e. The number of nitrogens with zero attached hydrogens (tertiary/aromatic N) is 4. The van der Waals surface area contributed by atoms with Gasteiger partial charge in [-0.3, -0.25) is 0 Å². The van der Waals surface area contributed by atoms with Crippen molar-refractivity contribution in [3.05, 3.63) is 36.4 Å². The van der Waals surface area contributed by atoms with E-state index in [0.717, 1.165) is 16.5 Å². The molecule has 0 radical (unpaired) electrons. The van der Waals surface area contributed by atoms with Crippen LogP contribution in [0.3, 0.4) is 0 Å². The van der Waals surface area contributed by atoms with E-state index in [2.05, 4.69) is 26.8 Å². The number of hydrogen-bond donors (Lipinski definition) is 0. The van der Waals surface area contributed by atoms with Crippen LogP contribution in [0.5, 0.6) is 0 Å². The first-order valence-corrected chi connectivity index (χ1v) is 6.17. The molecule has 0 atom stereocenters. The summed E-state index contributed by atoms with van der Waals surface area (Å²) in [6.45, 7) is 0.651. The van der Waals surface area contributed by atoms with Gasteiger partial charge in [0, 0.05) is 29.7 Å². The number of fused-ring (bicyclic) bond motifs is 1. The van der Waals surface area contributed by atoms with Crippen molar-refractivity contribution in [3.8, 4) is 11.4 Å². The number of aromatic nitrogens is 3. The van der Waals surface area contributed by atoms with Crippen LogP contribution >= 0.6 is 0 Å². The summed E-state index contributed by atoms with van der Waals surface area (Å²) >= 11 is 0. The summed E-state index contributed by atoms with van der Waals surface area (Å²) in [6.07, 6.45) is 2.04. The highest BCUT2D eigenvalue weighted by Crippen LogP contribution is 2.28. The van der Waals surface area contributed by atoms with Gasteiger partial charge in [-0.1, -0.05) is 23.4 Å². The van der Waals surface area contributed by atoms with E-state index in [9.17, 15) is 0 Å². The number of benzene rings is 1. The molecular weight excluding hydrogens is 240 g/mol. The quantitative estimate of drug-likeness (QED) is 0.721. The van der Waals surface area contributed by atoms with Crippen LogP contribution in [0, 0.1) is 0 Å². The summed E-state index contributed by atoms with van der Waals surface area (Å²) in [4.78, 5) is 6.45. The van der Waals surface area contributed by atoms with Gasteiger partial charge in [0.2, 0.25) is 11.7 Å². The molecule has 0 aliphatic rings. The van der Waals surface area contributed by atoms with Gasteiger partial charge in [-0.2, -0.15) is 4.98 Å². The van der Waals surface area contributed by atoms with Gasteiger partial charge in [0.15, 0.2) is 0 Å². The van der Waals surface area contributed by atoms with Crippen molar-refractivity contribution in [2.75, 3.05) is 14.1 Å². The molecule has 0 spiro atoms. The molecule has 2 heterocycles. The minimum atomic E-state index is 0.632. The summed E-state index contributed by atoms with van der Waals surface area (Å²) in [5.41, 5.74) is 2.17. The molecule has 5 heteroatoms. The number of para-hydroxylation sites is 1. The molecule has 0 bridgehead atoms. The predicted molar refractivity (Wildman–Crippen MR) is 73.6 cm³/mol. The number of rotatable bonds is 3. The third kappa shape index (κ3) is 2.13. The minimum absolute atomic E-state index is 0.632. The van der Waals surface area contributed by atoms with Crippen LogP contribution in [-0.2, 0) is 13.6 Å². The molecule has 5 nitrogen and oxygen atoms in total. The molecule has 0 amide bonds. The Kier molecular flexibility index (Phi) is 2.83. The standard InChI is InChI=1S/C14H16N4O/c1-17(2)9-13-15-14(16-19-13)11-8-18(3)12-7-5-4-6-10(11)12/h4-8H,9H2,1-3H3. The van der Waals surface area contributed by atoms with Crippen LogP contribution in [0.2, 0.25) is 0 Å². The van der Waals surface area contributed by atoms with E-state index in [1.807, 2.05) is 44.4 Å². The zero-order chi connectivity index (χ0) is 13.4. The Morgan fingerprint density at radius 2 is 2.05 bits per heavy atom. The predicted octanol–water partition coefficient (Wildman–Crippen LogP) is 2.29. The maximum Gasteiger partial charge on any atom is 0.241 e. The largest absolute Gasteiger partial charge is 0.350 e. The molecular formula is C14H16N4O. The number of aryl methyl sites for hydroxylation is 1. The van der Waals surface area contributed by atoms with Crippen molar-refractivity contribution in [2.45, 2.75) is 6.54 Å². The van der Waals surface area contributed by atoms with Gasteiger partial charge in [-0.15, -0.1) is 0 Å². The Balaban J connectivity index is 2.07. The van der Waals surface area contributed by atoms with Crippen molar-refractivity contribution < 1.29 is 4.52 Å². The lowest BCUT2D eigenvalue weighted by Crippen LogP contribution is -2.10. The van der Waals surface area contributed by atoms with Gasteiger partial charge in [0.05, 0.1) is 6.54 Å². The highest BCUT2D eigenvalue weighted by atomic mass is 16.5. The fourth-order valence-corrected chi connectivity index (χ4v) is 2.22. The van der Waals surface area contributed by atoms with Gasteiger partial charge >= 0.3 is 0 Å². The van der Waals surface area contributed by atoms with Crippen molar-refractivity contribution in [3.63, 3.8) is 0 Å². The fourth-order valence-electron chi connectivity index (χ4n) is 2.22. The highest BCUT2D eigenvalue weighted by Gasteiger charge is 2.14. The molecule has 3 rings (SSSR count). The van der Waals surface area contributed by atoms with E-state index in [1.54, 1.807) is 0 Å². The third-order valence-electron chi connectivity index (χ3n) is 3.06. The molecule has 0 saturated heterocycles. The Labute approximate surface area is 111 Å². The van der Waals surface area contributed by atoms with E-state index >= 15 is 0 Å². The maximum absolute atomic E-state index is 5.28. The molecule has 0 fully saturated rings. The van der Waals surface area contributed by atoms with E-state index in [1.165, 1.54) is 0 Å². The van der Waals surface area contributed by atoms with E-state index in [4.69, 9.17) is 4.52 Å². The lowest BCUT2D eigenvalue weighted by atomic mass is 10.2. The van der Waals surface area contributed by atoms with E-state index in [0.29, 0.717) is 18.3 Å². The van der Waals surface area contributed by atoms with Crippen LogP contribution in [0.15, 0.2) is 35.0 Å². The SMILES string of the molecule is CN(C)Cc1nc(-c2cn(C)c3ccccc23)no1. The van der Waals surface area contributed by atoms with E-state index < -0.39 is 0 Å². The summed E-state index contributed by atoms with van der Waals surface area (Å²) in [7, 11) is 5.97. The van der Waals surface area contributed by atoms with Crippen molar-refractivity contribution in [1.82, 2.24) is 19.6 Å². The monoisotopic (exact) mass is 256 g/mol. The fraction of sp³-hybridized carbons (Fsp3) is 0.286. The second-order valence-electron chi connectivity index (χ2n) is 4.92. The first-order chi connectivity index (χ1) is 9.15. The number of hydrogen-bond acceptors (Lipinski definition) is 4. The Morgan fingerprint density at radius 3 is 2.84 bits per heavy atom. The van der Waals surface area contributed by atoms with Gasteiger partial charge in [0.1, 0.15) is 0 Å². The summed E-state index contributed by atoms with van der Waals surface area (Å²) in [5.74, 6) is 1.28. The molecule has 19 heavy (non-hydrogen) atoms. The molecule has 1 aromatic carbocycles. The van der Waals surface area contributed by atoms with Gasteiger partial charge in [-0.05, 0) is 20.2 Å². The van der Waals surface area contributed by atoms with Crippen molar-refractivity contribution >= 4 is 10.9 Å². The Hall–Kier alpha value is -2.14. The first-order valence-electron chi connectivity index (χ1n) is 6.17. The molecule has 98 valence electrons. The lowest BCUT2D eigenvalue weighted by Gasteiger charge is -2.02. The van der Waals surface area contributed by atoms with Crippen LogP contribution < -0.4 is 0 Å². The maximum atomic E-state index is 5.28. The second kappa shape index (κ2) is 4.51. The van der Waals surface area contributed by atoms with Gasteiger partial charge < -0.3 is 14.0 Å². The summed E-state index contributed by atoms with van der Waals surface area (Å²) < 4.78 is 7.35. The first kappa shape index (κ1) is 11.9.